The fourth-order valence-electron chi connectivity index (χ4n) is 4.03. The van der Waals surface area contributed by atoms with E-state index < -0.39 is 0 Å². The van der Waals surface area contributed by atoms with E-state index in [4.69, 9.17) is 0 Å². The van der Waals surface area contributed by atoms with E-state index in [1.807, 2.05) is 0 Å². The minimum absolute atomic E-state index is 0.190. The van der Waals surface area contributed by atoms with Crippen molar-refractivity contribution < 1.29 is 0 Å². The summed E-state index contributed by atoms with van der Waals surface area (Å²) in [4.78, 5) is 0. The first kappa shape index (κ1) is 14.8. The number of aryl methyl sites for hydroxylation is 2. The molecule has 1 aliphatic rings. The molecule has 2 aromatic rings. The topological polar surface area (TPSA) is 0 Å². The maximum atomic E-state index is 3.25. The maximum Gasteiger partial charge on any atom is 0.0168 e. The minimum Gasteiger partial charge on any atom is -0.126 e. The summed E-state index contributed by atoms with van der Waals surface area (Å²) >= 11 is 0. The largest absolute Gasteiger partial charge is 0.126 e. The monoisotopic (exact) mass is 296 g/mol. The van der Waals surface area contributed by atoms with Crippen molar-refractivity contribution >= 4 is 9.24 Å². The Hall–Kier alpha value is -1.13. The average molecular weight is 296 g/mol. The fraction of sp³-hybridized carbons (Fsp3) is 0.400. The van der Waals surface area contributed by atoms with Crippen LogP contribution >= 0.6 is 9.24 Å². The van der Waals surface area contributed by atoms with E-state index in [9.17, 15) is 0 Å². The van der Waals surface area contributed by atoms with Gasteiger partial charge >= 0.3 is 0 Å². The quantitative estimate of drug-likeness (QED) is 0.621. The number of rotatable bonds is 2. The Labute approximate surface area is 131 Å². The van der Waals surface area contributed by atoms with Gasteiger partial charge in [-0.15, -0.1) is 9.24 Å². The summed E-state index contributed by atoms with van der Waals surface area (Å²) in [6.07, 6.45) is 5.24. The van der Waals surface area contributed by atoms with E-state index in [-0.39, 0.29) is 5.16 Å². The van der Waals surface area contributed by atoms with E-state index >= 15 is 0 Å². The molecule has 2 aromatic carbocycles. The van der Waals surface area contributed by atoms with Gasteiger partial charge in [-0.05, 0) is 54.9 Å². The van der Waals surface area contributed by atoms with Crippen LogP contribution in [0.2, 0.25) is 0 Å². The molecule has 0 bridgehead atoms. The van der Waals surface area contributed by atoms with Crippen molar-refractivity contribution in [2.24, 2.45) is 0 Å². The fourth-order valence-corrected chi connectivity index (χ4v) is 4.90. The molecule has 1 aliphatic carbocycles. The van der Waals surface area contributed by atoms with Gasteiger partial charge in [-0.1, -0.05) is 61.4 Å². The molecule has 1 saturated carbocycles. The highest BCUT2D eigenvalue weighted by molar-refractivity contribution is 7.18. The van der Waals surface area contributed by atoms with Gasteiger partial charge in [-0.2, -0.15) is 0 Å². The lowest BCUT2D eigenvalue weighted by atomic mass is 9.69. The number of benzene rings is 2. The van der Waals surface area contributed by atoms with Crippen LogP contribution in [0.1, 0.15) is 53.9 Å². The van der Waals surface area contributed by atoms with Gasteiger partial charge in [0.2, 0.25) is 0 Å². The predicted octanol–water partition coefficient (Wildman–Crippen LogP) is 5.73. The highest BCUT2D eigenvalue weighted by atomic mass is 31.0. The van der Waals surface area contributed by atoms with Crippen LogP contribution in [0.15, 0.2) is 48.5 Å². The smallest absolute Gasteiger partial charge is 0.0168 e. The van der Waals surface area contributed by atoms with Crippen molar-refractivity contribution in [1.82, 2.24) is 0 Å². The van der Waals surface area contributed by atoms with Crippen LogP contribution < -0.4 is 0 Å². The molecular weight excluding hydrogens is 271 g/mol. The molecule has 0 radical (unpaired) electrons. The van der Waals surface area contributed by atoms with Gasteiger partial charge < -0.3 is 0 Å². The lowest BCUT2D eigenvalue weighted by molar-refractivity contribution is 0.348. The van der Waals surface area contributed by atoms with Crippen molar-refractivity contribution in [1.29, 1.82) is 0 Å². The van der Waals surface area contributed by atoms with Gasteiger partial charge in [0, 0.05) is 5.16 Å². The minimum atomic E-state index is 0.190. The summed E-state index contributed by atoms with van der Waals surface area (Å²) < 4.78 is 0. The Balaban J connectivity index is 2.10. The molecule has 0 saturated heterocycles. The summed E-state index contributed by atoms with van der Waals surface area (Å²) in [5, 5.41) is 0.190. The third-order valence-electron chi connectivity index (χ3n) is 5.17. The first-order valence-corrected chi connectivity index (χ1v) is 8.61. The van der Waals surface area contributed by atoms with Gasteiger partial charge in [-0.25, -0.2) is 0 Å². The zero-order chi connectivity index (χ0) is 14.9. The van der Waals surface area contributed by atoms with Crippen LogP contribution in [0.3, 0.4) is 0 Å². The maximum absolute atomic E-state index is 3.25. The molecule has 0 spiro atoms. The second-order valence-corrected chi connectivity index (χ2v) is 7.54. The normalized spacial score (nSPS) is 25.8. The second kappa shape index (κ2) is 5.93. The molecule has 1 fully saturated rings. The van der Waals surface area contributed by atoms with Gasteiger partial charge in [0.15, 0.2) is 0 Å². The van der Waals surface area contributed by atoms with Crippen LogP contribution in [0.25, 0.3) is 0 Å². The van der Waals surface area contributed by atoms with Crippen LogP contribution in [0.5, 0.6) is 0 Å². The van der Waals surface area contributed by atoms with E-state index in [2.05, 4.69) is 71.6 Å². The Morgan fingerprint density at radius 1 is 0.905 bits per heavy atom. The standard InChI is InChI=1S/C20H25P/c1-15-9-3-5-11-17(15)19-13-7-8-14-20(19,21)18-12-6-4-10-16(18)2/h3-6,9-12,19H,7-8,13-14,21H2,1-2H3. The summed E-state index contributed by atoms with van der Waals surface area (Å²) in [7, 11) is 3.25. The molecule has 0 aliphatic heterocycles. The molecule has 21 heavy (non-hydrogen) atoms. The van der Waals surface area contributed by atoms with E-state index in [0.29, 0.717) is 5.92 Å². The van der Waals surface area contributed by atoms with Crippen molar-refractivity contribution in [3.05, 3.63) is 70.8 Å². The molecule has 110 valence electrons. The third-order valence-corrected chi connectivity index (χ3v) is 6.17. The van der Waals surface area contributed by atoms with Crippen LogP contribution in [0, 0.1) is 13.8 Å². The molecule has 0 aromatic heterocycles. The third kappa shape index (κ3) is 2.67. The van der Waals surface area contributed by atoms with Crippen molar-refractivity contribution in [3.8, 4) is 0 Å². The Bertz CT molecular complexity index is 631. The summed E-state index contributed by atoms with van der Waals surface area (Å²) in [5.41, 5.74) is 5.91. The Morgan fingerprint density at radius 2 is 1.57 bits per heavy atom. The molecule has 3 atom stereocenters. The highest BCUT2D eigenvalue weighted by Crippen LogP contribution is 2.54. The zero-order valence-electron chi connectivity index (χ0n) is 13.1. The molecule has 3 rings (SSSR count). The summed E-state index contributed by atoms with van der Waals surface area (Å²) in [5.74, 6) is 0.610. The molecule has 0 amide bonds. The molecule has 0 nitrogen and oxygen atoms in total. The van der Waals surface area contributed by atoms with Crippen LogP contribution in [-0.4, -0.2) is 0 Å². The molecule has 0 heterocycles. The lowest BCUT2D eigenvalue weighted by Gasteiger charge is -2.43. The van der Waals surface area contributed by atoms with Gasteiger partial charge in [0.1, 0.15) is 0 Å². The summed E-state index contributed by atoms with van der Waals surface area (Å²) in [6.45, 7) is 4.51. The van der Waals surface area contributed by atoms with E-state index in [0.717, 1.165) is 0 Å². The van der Waals surface area contributed by atoms with Crippen molar-refractivity contribution in [2.45, 2.75) is 50.6 Å². The molecule has 0 N–H and O–H groups in total. The predicted molar refractivity (Wildman–Crippen MR) is 95.0 cm³/mol. The van der Waals surface area contributed by atoms with E-state index in [1.54, 1.807) is 0 Å². The van der Waals surface area contributed by atoms with Gasteiger partial charge in [0.25, 0.3) is 0 Å². The molecular formula is C20H25P. The number of hydrogen-bond acceptors (Lipinski definition) is 0. The first-order chi connectivity index (χ1) is 10.1. The Kier molecular flexibility index (Phi) is 4.18. The SMILES string of the molecule is Cc1ccccc1C1CCCCC1(P)c1ccccc1C. The van der Waals surface area contributed by atoms with Crippen molar-refractivity contribution in [2.75, 3.05) is 0 Å². The highest BCUT2D eigenvalue weighted by Gasteiger charge is 2.40. The van der Waals surface area contributed by atoms with Gasteiger partial charge in [-0.3, -0.25) is 0 Å². The zero-order valence-corrected chi connectivity index (χ0v) is 14.3. The molecule has 3 unspecified atom stereocenters. The second-order valence-electron chi connectivity index (χ2n) is 6.51. The molecule has 1 heteroatoms. The van der Waals surface area contributed by atoms with E-state index in [1.165, 1.54) is 47.9 Å². The van der Waals surface area contributed by atoms with Gasteiger partial charge in [0.05, 0.1) is 0 Å². The summed E-state index contributed by atoms with van der Waals surface area (Å²) in [6, 6.07) is 17.9. The average Bonchev–Trinajstić information content (AvgIpc) is 2.49. The first-order valence-electron chi connectivity index (χ1n) is 8.03. The van der Waals surface area contributed by atoms with Crippen molar-refractivity contribution in [3.63, 3.8) is 0 Å². The Morgan fingerprint density at radius 3 is 2.29 bits per heavy atom. The number of hydrogen-bond donors (Lipinski definition) is 0. The van der Waals surface area contributed by atoms with Crippen LogP contribution in [0.4, 0.5) is 0 Å². The van der Waals surface area contributed by atoms with Crippen LogP contribution in [-0.2, 0) is 5.16 Å². The lowest BCUT2D eigenvalue weighted by Crippen LogP contribution is -2.31.